The lowest BCUT2D eigenvalue weighted by molar-refractivity contribution is -0.139. The van der Waals surface area contributed by atoms with E-state index < -0.39 is 17.9 Å². The molecular weight excluding hydrogens is 274 g/mol. The zero-order valence-corrected chi connectivity index (χ0v) is 11.0. The summed E-state index contributed by atoms with van der Waals surface area (Å²) >= 11 is 0. The number of nitrogens with one attached hydrogen (secondary N) is 1. The molecule has 0 radical (unpaired) electrons. The first-order valence-corrected chi connectivity index (χ1v) is 6.13. The second-order valence-electron chi connectivity index (χ2n) is 4.21. The molecule has 0 fully saturated rings. The number of aromatic nitrogens is 2. The van der Waals surface area contributed by atoms with Gasteiger partial charge in [-0.25, -0.2) is 4.79 Å². The van der Waals surface area contributed by atoms with Crippen molar-refractivity contribution in [3.8, 4) is 11.5 Å². The van der Waals surface area contributed by atoms with E-state index in [2.05, 4.69) is 22.1 Å². The number of carboxylic acids is 1. The Morgan fingerprint density at radius 1 is 1.38 bits per heavy atom. The van der Waals surface area contributed by atoms with Crippen LogP contribution in [-0.2, 0) is 4.79 Å². The van der Waals surface area contributed by atoms with Crippen LogP contribution in [0.1, 0.15) is 16.8 Å². The van der Waals surface area contributed by atoms with Crippen LogP contribution < -0.4 is 5.32 Å². The van der Waals surface area contributed by atoms with Gasteiger partial charge in [-0.3, -0.25) is 4.79 Å². The molecule has 0 spiro atoms. The van der Waals surface area contributed by atoms with Crippen LogP contribution in [0, 0.1) is 0 Å². The maximum absolute atomic E-state index is 12.0. The van der Waals surface area contributed by atoms with Gasteiger partial charge in [0.25, 0.3) is 5.91 Å². The molecular formula is C14H13N3O4. The number of carbonyl (C=O) groups is 2. The Labute approximate surface area is 120 Å². The topological polar surface area (TPSA) is 105 Å². The summed E-state index contributed by atoms with van der Waals surface area (Å²) < 4.78 is 5.04. The Balaban J connectivity index is 2.09. The van der Waals surface area contributed by atoms with Crippen LogP contribution in [-0.4, -0.2) is 33.2 Å². The van der Waals surface area contributed by atoms with E-state index in [0.29, 0.717) is 17.0 Å². The third-order valence-electron chi connectivity index (χ3n) is 2.76. The number of amides is 1. The molecule has 1 aromatic carbocycles. The lowest BCUT2D eigenvalue weighted by Gasteiger charge is -2.12. The first-order valence-electron chi connectivity index (χ1n) is 6.13. The standard InChI is InChI=1S/C14H13N3O4/c1-2-3-11(14(19)20)16-12(18)9-4-6-10(7-5-9)13-17-15-8-21-13/h2,4-8,11H,1,3H2,(H,16,18)(H,19,20). The third kappa shape index (κ3) is 3.53. The molecule has 1 unspecified atom stereocenters. The highest BCUT2D eigenvalue weighted by Gasteiger charge is 2.19. The first kappa shape index (κ1) is 14.4. The molecule has 0 aliphatic rings. The molecule has 108 valence electrons. The number of carbonyl (C=O) groups excluding carboxylic acids is 1. The van der Waals surface area contributed by atoms with Gasteiger partial charge >= 0.3 is 5.97 Å². The Bertz CT molecular complexity index is 635. The summed E-state index contributed by atoms with van der Waals surface area (Å²) in [7, 11) is 0. The molecule has 1 aromatic heterocycles. The number of rotatable bonds is 6. The van der Waals surface area contributed by atoms with Gasteiger partial charge in [-0.05, 0) is 30.7 Å². The molecule has 0 saturated heterocycles. The highest BCUT2D eigenvalue weighted by atomic mass is 16.4. The van der Waals surface area contributed by atoms with Crippen LogP contribution in [0.4, 0.5) is 0 Å². The van der Waals surface area contributed by atoms with Crippen molar-refractivity contribution in [1.82, 2.24) is 15.5 Å². The van der Waals surface area contributed by atoms with E-state index >= 15 is 0 Å². The van der Waals surface area contributed by atoms with Gasteiger partial charge in [-0.1, -0.05) is 6.08 Å². The normalized spacial score (nSPS) is 11.6. The Hall–Kier alpha value is -2.96. The molecule has 0 saturated carbocycles. The Morgan fingerprint density at radius 3 is 2.62 bits per heavy atom. The van der Waals surface area contributed by atoms with Crippen molar-refractivity contribution < 1.29 is 19.1 Å². The maximum atomic E-state index is 12.0. The van der Waals surface area contributed by atoms with E-state index in [1.54, 1.807) is 24.3 Å². The zero-order chi connectivity index (χ0) is 15.2. The Morgan fingerprint density at radius 2 is 2.10 bits per heavy atom. The van der Waals surface area contributed by atoms with Gasteiger partial charge in [0, 0.05) is 11.1 Å². The molecule has 0 aliphatic heterocycles. The van der Waals surface area contributed by atoms with Crippen LogP contribution in [0.2, 0.25) is 0 Å². The fourth-order valence-electron chi connectivity index (χ4n) is 1.69. The van der Waals surface area contributed by atoms with Gasteiger partial charge in [0.2, 0.25) is 12.3 Å². The smallest absolute Gasteiger partial charge is 0.326 e. The number of nitrogens with zero attached hydrogens (tertiary/aromatic N) is 2. The molecule has 2 N–H and O–H groups in total. The number of hydrogen-bond donors (Lipinski definition) is 2. The van der Waals surface area contributed by atoms with Gasteiger partial charge in [0.05, 0.1) is 0 Å². The predicted octanol–water partition coefficient (Wildman–Crippen LogP) is 1.50. The van der Waals surface area contributed by atoms with Gasteiger partial charge in [-0.15, -0.1) is 16.8 Å². The fourth-order valence-corrected chi connectivity index (χ4v) is 1.69. The minimum absolute atomic E-state index is 0.154. The van der Waals surface area contributed by atoms with Crippen molar-refractivity contribution in [1.29, 1.82) is 0 Å². The fraction of sp³-hybridized carbons (Fsp3) is 0.143. The van der Waals surface area contributed by atoms with Crippen LogP contribution in [0.15, 0.2) is 47.7 Å². The highest BCUT2D eigenvalue weighted by molar-refractivity contribution is 5.96. The molecule has 1 atom stereocenters. The Kier molecular flexibility index (Phi) is 4.45. The van der Waals surface area contributed by atoms with Crippen LogP contribution in [0.3, 0.4) is 0 Å². The summed E-state index contributed by atoms with van der Waals surface area (Å²) in [5, 5.41) is 18.7. The monoisotopic (exact) mass is 287 g/mol. The minimum atomic E-state index is -1.11. The summed E-state index contributed by atoms with van der Waals surface area (Å²) in [4.78, 5) is 22.9. The van der Waals surface area contributed by atoms with Crippen molar-refractivity contribution >= 4 is 11.9 Å². The molecule has 1 heterocycles. The van der Waals surface area contributed by atoms with Crippen LogP contribution in [0.25, 0.3) is 11.5 Å². The van der Waals surface area contributed by atoms with E-state index in [1.165, 1.54) is 12.5 Å². The van der Waals surface area contributed by atoms with Crippen molar-refractivity contribution in [3.63, 3.8) is 0 Å². The van der Waals surface area contributed by atoms with E-state index in [4.69, 9.17) is 9.52 Å². The van der Waals surface area contributed by atoms with Gasteiger partial charge in [-0.2, -0.15) is 0 Å². The first-order chi connectivity index (χ1) is 10.1. The molecule has 21 heavy (non-hydrogen) atoms. The average molecular weight is 287 g/mol. The molecule has 2 rings (SSSR count). The van der Waals surface area contributed by atoms with Gasteiger partial charge in [0.1, 0.15) is 6.04 Å². The second-order valence-corrected chi connectivity index (χ2v) is 4.21. The van der Waals surface area contributed by atoms with Crippen molar-refractivity contribution in [2.45, 2.75) is 12.5 Å². The highest BCUT2D eigenvalue weighted by Crippen LogP contribution is 2.16. The van der Waals surface area contributed by atoms with E-state index in [0.717, 1.165) is 0 Å². The average Bonchev–Trinajstić information content (AvgIpc) is 3.01. The summed E-state index contributed by atoms with van der Waals surface area (Å²) in [6.07, 6.45) is 2.81. The lowest BCUT2D eigenvalue weighted by Crippen LogP contribution is -2.40. The van der Waals surface area contributed by atoms with Crippen molar-refractivity contribution in [2.24, 2.45) is 0 Å². The third-order valence-corrected chi connectivity index (χ3v) is 2.76. The van der Waals surface area contributed by atoms with Crippen LogP contribution in [0.5, 0.6) is 0 Å². The molecule has 7 heteroatoms. The van der Waals surface area contributed by atoms with E-state index in [1.807, 2.05) is 0 Å². The summed E-state index contributed by atoms with van der Waals surface area (Å²) in [5.74, 6) is -1.23. The number of hydrogen-bond acceptors (Lipinski definition) is 5. The SMILES string of the molecule is C=CCC(NC(=O)c1ccc(-c2nnco2)cc1)C(=O)O. The number of aliphatic carboxylic acids is 1. The summed E-state index contributed by atoms with van der Waals surface area (Å²) in [5.41, 5.74) is 1.01. The zero-order valence-electron chi connectivity index (χ0n) is 11.0. The largest absolute Gasteiger partial charge is 0.480 e. The molecule has 0 aliphatic carbocycles. The van der Waals surface area contributed by atoms with Crippen molar-refractivity contribution in [3.05, 3.63) is 48.9 Å². The summed E-state index contributed by atoms with van der Waals surface area (Å²) in [6, 6.07) is 5.41. The summed E-state index contributed by atoms with van der Waals surface area (Å²) in [6.45, 7) is 3.47. The van der Waals surface area contributed by atoms with E-state index in [-0.39, 0.29) is 6.42 Å². The number of benzene rings is 1. The second kappa shape index (κ2) is 6.47. The molecule has 7 nitrogen and oxygen atoms in total. The molecule has 1 amide bonds. The van der Waals surface area contributed by atoms with E-state index in [9.17, 15) is 9.59 Å². The maximum Gasteiger partial charge on any atom is 0.326 e. The van der Waals surface area contributed by atoms with Gasteiger partial charge < -0.3 is 14.8 Å². The van der Waals surface area contributed by atoms with Gasteiger partial charge in [0.15, 0.2) is 0 Å². The lowest BCUT2D eigenvalue weighted by atomic mass is 10.1. The minimum Gasteiger partial charge on any atom is -0.480 e. The van der Waals surface area contributed by atoms with Crippen molar-refractivity contribution in [2.75, 3.05) is 0 Å². The quantitative estimate of drug-likeness (QED) is 0.780. The predicted molar refractivity (Wildman–Crippen MR) is 73.4 cm³/mol. The van der Waals surface area contributed by atoms with Crippen LogP contribution >= 0.6 is 0 Å². The molecule has 0 bridgehead atoms. The number of carboxylic acid groups (broad SMARTS) is 1. The molecule has 2 aromatic rings.